The minimum absolute atomic E-state index is 0.154. The minimum atomic E-state index is 0.154. The molecule has 6 heteroatoms. The van der Waals surface area contributed by atoms with Crippen LogP contribution in [0.2, 0.25) is 0 Å². The quantitative estimate of drug-likeness (QED) is 0.383. The summed E-state index contributed by atoms with van der Waals surface area (Å²) in [6.07, 6.45) is 14.3. The smallest absolute Gasteiger partial charge is 0.223 e. The first-order valence-corrected chi connectivity index (χ1v) is 14.7. The highest BCUT2D eigenvalue weighted by Crippen LogP contribution is 2.46. The molecule has 4 fully saturated rings. The average Bonchev–Trinajstić information content (AvgIpc) is 3.29. The maximum Gasteiger partial charge on any atom is 0.223 e. The second-order valence-electron chi connectivity index (χ2n) is 12.4. The second kappa shape index (κ2) is 12.5. The summed E-state index contributed by atoms with van der Waals surface area (Å²) in [6.45, 7) is 10.6. The van der Waals surface area contributed by atoms with Gasteiger partial charge in [0.1, 0.15) is 0 Å². The Kier molecular flexibility index (Phi) is 9.71. The van der Waals surface area contributed by atoms with Crippen molar-refractivity contribution in [1.82, 2.24) is 21.1 Å². The Hall–Kier alpha value is -0.690. The average molecular weight is 476 g/mol. The molecule has 0 aromatic rings. The number of fused-ring (bicyclic) bond motifs is 1. The highest BCUT2D eigenvalue weighted by Gasteiger charge is 2.49. The predicted molar refractivity (Wildman–Crippen MR) is 140 cm³/mol. The van der Waals surface area contributed by atoms with E-state index in [0.29, 0.717) is 41.8 Å². The third-order valence-corrected chi connectivity index (χ3v) is 9.84. The Labute approximate surface area is 208 Å². The fourth-order valence-corrected chi connectivity index (χ4v) is 7.97. The summed E-state index contributed by atoms with van der Waals surface area (Å²) in [5.41, 5.74) is 9.39. The number of nitrogens with zero attached hydrogens (tertiary/aromatic N) is 1. The van der Waals surface area contributed by atoms with Crippen LogP contribution < -0.4 is 21.8 Å². The zero-order valence-corrected chi connectivity index (χ0v) is 22.2. The third-order valence-electron chi connectivity index (χ3n) is 9.84. The Morgan fingerprint density at radius 1 is 1.00 bits per heavy atom. The van der Waals surface area contributed by atoms with E-state index in [-0.39, 0.29) is 5.92 Å². The van der Waals surface area contributed by atoms with Gasteiger partial charge in [-0.15, -0.1) is 0 Å². The van der Waals surface area contributed by atoms with Crippen molar-refractivity contribution < 1.29 is 4.79 Å². The molecule has 6 nitrogen and oxygen atoms in total. The van der Waals surface area contributed by atoms with Crippen molar-refractivity contribution in [2.75, 3.05) is 26.2 Å². The number of hydrogen-bond donors (Lipinski definition) is 4. The first kappa shape index (κ1) is 26.4. The van der Waals surface area contributed by atoms with Crippen molar-refractivity contribution in [2.24, 2.45) is 41.2 Å². The van der Waals surface area contributed by atoms with Gasteiger partial charge in [0.15, 0.2) is 0 Å². The van der Waals surface area contributed by atoms with Gasteiger partial charge in [-0.3, -0.25) is 10.2 Å². The van der Waals surface area contributed by atoms with Gasteiger partial charge in [-0.2, -0.15) is 0 Å². The molecule has 1 heterocycles. The van der Waals surface area contributed by atoms with Crippen LogP contribution in [0.5, 0.6) is 0 Å². The molecule has 6 unspecified atom stereocenters. The number of carbonyl (C=O) groups is 1. The highest BCUT2D eigenvalue weighted by molar-refractivity contribution is 5.79. The van der Waals surface area contributed by atoms with E-state index < -0.39 is 0 Å². The number of hydrogen-bond acceptors (Lipinski definition) is 5. The van der Waals surface area contributed by atoms with E-state index in [1.807, 2.05) is 0 Å². The minimum Gasteiger partial charge on any atom is -0.353 e. The molecular formula is C28H53N5O. The van der Waals surface area contributed by atoms with Crippen molar-refractivity contribution in [1.29, 1.82) is 0 Å². The summed E-state index contributed by atoms with van der Waals surface area (Å²) >= 11 is 0. The van der Waals surface area contributed by atoms with Gasteiger partial charge in [-0.25, -0.2) is 5.01 Å². The lowest BCUT2D eigenvalue weighted by atomic mass is 9.63. The van der Waals surface area contributed by atoms with E-state index in [1.54, 1.807) is 0 Å². The number of rotatable bonds is 9. The van der Waals surface area contributed by atoms with Crippen LogP contribution in [0.15, 0.2) is 0 Å². The van der Waals surface area contributed by atoms with Gasteiger partial charge in [-0.05, 0) is 89.5 Å². The number of nitrogens with two attached hydrogens (primary N) is 1. The van der Waals surface area contributed by atoms with Crippen molar-refractivity contribution in [3.63, 3.8) is 0 Å². The summed E-state index contributed by atoms with van der Waals surface area (Å²) in [5, 5.41) is 9.59. The summed E-state index contributed by atoms with van der Waals surface area (Å²) < 4.78 is 0. The standard InChI is InChI=1S/C28H53N5O/c1-19(2)33-27-16-24(23-11-7-8-21(14-23)17-30-13-12-29)15-25(26(27)18-31-33)28(34)32-20(3)22-9-5-4-6-10-22/h19-27,30-31H,4-18,29H2,1-3H3,(H,32,34)/t20-,21?,23?,24?,25?,26?,27?/m0/s1. The first-order chi connectivity index (χ1) is 16.5. The molecule has 4 rings (SSSR count). The second-order valence-corrected chi connectivity index (χ2v) is 12.4. The topological polar surface area (TPSA) is 82.4 Å². The Balaban J connectivity index is 1.43. The Morgan fingerprint density at radius 2 is 1.79 bits per heavy atom. The molecule has 34 heavy (non-hydrogen) atoms. The fourth-order valence-electron chi connectivity index (χ4n) is 7.97. The maximum absolute atomic E-state index is 13.8. The molecule has 1 saturated heterocycles. The van der Waals surface area contributed by atoms with Crippen LogP contribution >= 0.6 is 0 Å². The zero-order chi connectivity index (χ0) is 24.1. The molecule has 0 radical (unpaired) electrons. The highest BCUT2D eigenvalue weighted by atomic mass is 16.2. The Morgan fingerprint density at radius 3 is 2.53 bits per heavy atom. The molecule has 0 aromatic heterocycles. The van der Waals surface area contributed by atoms with E-state index in [0.717, 1.165) is 44.4 Å². The van der Waals surface area contributed by atoms with E-state index in [1.165, 1.54) is 64.2 Å². The van der Waals surface area contributed by atoms with Gasteiger partial charge in [-0.1, -0.05) is 32.1 Å². The number of amides is 1. The van der Waals surface area contributed by atoms with Crippen molar-refractivity contribution >= 4 is 5.91 Å². The number of hydrazine groups is 1. The molecule has 3 aliphatic carbocycles. The molecular weight excluding hydrogens is 422 g/mol. The lowest BCUT2D eigenvalue weighted by Gasteiger charge is -2.45. The van der Waals surface area contributed by atoms with Crippen LogP contribution in [0.3, 0.4) is 0 Å². The Bertz CT molecular complexity index is 636. The summed E-state index contributed by atoms with van der Waals surface area (Å²) in [4.78, 5) is 13.8. The van der Waals surface area contributed by atoms with Crippen LogP contribution in [0.25, 0.3) is 0 Å². The van der Waals surface area contributed by atoms with E-state index in [2.05, 4.69) is 41.8 Å². The molecule has 7 atom stereocenters. The van der Waals surface area contributed by atoms with Gasteiger partial charge in [0.05, 0.1) is 0 Å². The normalized spacial score (nSPS) is 36.4. The van der Waals surface area contributed by atoms with Crippen LogP contribution in [0, 0.1) is 35.5 Å². The van der Waals surface area contributed by atoms with Gasteiger partial charge in [0.2, 0.25) is 5.91 Å². The first-order valence-electron chi connectivity index (χ1n) is 14.7. The largest absolute Gasteiger partial charge is 0.353 e. The molecule has 0 spiro atoms. The van der Waals surface area contributed by atoms with E-state index >= 15 is 0 Å². The molecule has 3 saturated carbocycles. The summed E-state index contributed by atoms with van der Waals surface area (Å²) in [6, 6.07) is 1.28. The van der Waals surface area contributed by atoms with E-state index in [4.69, 9.17) is 5.73 Å². The zero-order valence-electron chi connectivity index (χ0n) is 22.2. The fraction of sp³-hybridized carbons (Fsp3) is 0.964. The van der Waals surface area contributed by atoms with Gasteiger partial charge >= 0.3 is 0 Å². The number of nitrogens with one attached hydrogen (secondary N) is 3. The number of carbonyl (C=O) groups excluding carboxylic acids is 1. The SMILES string of the molecule is CC(C)N1NCC2C(C(=O)N[C@@H](C)C3CCCCC3)CC(C3CCCC(CNCCN)C3)CC21. The lowest BCUT2D eigenvalue weighted by molar-refractivity contribution is -0.130. The van der Waals surface area contributed by atoms with Crippen molar-refractivity contribution in [2.45, 2.75) is 110 Å². The van der Waals surface area contributed by atoms with Gasteiger partial charge < -0.3 is 16.4 Å². The molecule has 196 valence electrons. The maximum atomic E-state index is 13.8. The monoisotopic (exact) mass is 475 g/mol. The molecule has 0 aromatic carbocycles. The van der Waals surface area contributed by atoms with Crippen molar-refractivity contribution in [3.05, 3.63) is 0 Å². The summed E-state index contributed by atoms with van der Waals surface area (Å²) in [7, 11) is 0. The third kappa shape index (κ3) is 6.35. The van der Waals surface area contributed by atoms with E-state index in [9.17, 15) is 4.79 Å². The van der Waals surface area contributed by atoms with Crippen LogP contribution in [-0.2, 0) is 4.79 Å². The molecule has 1 aliphatic heterocycles. The molecule has 4 aliphatic rings. The van der Waals surface area contributed by atoms with Crippen LogP contribution in [-0.4, -0.2) is 55.2 Å². The summed E-state index contributed by atoms with van der Waals surface area (Å²) in [5.74, 6) is 3.82. The molecule has 0 bridgehead atoms. The molecule has 1 amide bonds. The predicted octanol–water partition coefficient (Wildman–Crippen LogP) is 3.67. The van der Waals surface area contributed by atoms with Gasteiger partial charge in [0.25, 0.3) is 0 Å². The molecule has 5 N–H and O–H groups in total. The van der Waals surface area contributed by atoms with Crippen LogP contribution in [0.1, 0.15) is 91.4 Å². The lowest BCUT2D eigenvalue weighted by Crippen LogP contribution is -2.52. The van der Waals surface area contributed by atoms with Crippen molar-refractivity contribution in [3.8, 4) is 0 Å². The van der Waals surface area contributed by atoms with Crippen LogP contribution in [0.4, 0.5) is 0 Å². The van der Waals surface area contributed by atoms with Gasteiger partial charge in [0, 0.05) is 49.6 Å².